The summed E-state index contributed by atoms with van der Waals surface area (Å²) in [5.41, 5.74) is 1.51. The number of ether oxygens (including phenoxy) is 1. The minimum Gasteiger partial charge on any atom is -0.497 e. The second-order valence-electron chi connectivity index (χ2n) is 5.21. The van der Waals surface area contributed by atoms with Gasteiger partial charge in [0.2, 0.25) is 5.95 Å². The third-order valence-electron chi connectivity index (χ3n) is 3.44. The summed E-state index contributed by atoms with van der Waals surface area (Å²) < 4.78 is 5.13. The van der Waals surface area contributed by atoms with E-state index in [0.717, 1.165) is 0 Å². The highest BCUT2D eigenvalue weighted by molar-refractivity contribution is 6.43. The lowest BCUT2D eigenvalue weighted by Gasteiger charge is -2.09. The van der Waals surface area contributed by atoms with Crippen LogP contribution in [0, 0.1) is 0 Å². The van der Waals surface area contributed by atoms with Crippen LogP contribution in [0.25, 0.3) is 0 Å². The molecule has 0 spiro atoms. The number of nitrogens with zero attached hydrogens (tertiary/aromatic N) is 2. The molecule has 26 heavy (non-hydrogen) atoms. The summed E-state index contributed by atoms with van der Waals surface area (Å²) in [6.45, 7) is 0. The van der Waals surface area contributed by atoms with Gasteiger partial charge in [0.1, 0.15) is 5.75 Å². The lowest BCUT2D eigenvalue weighted by Crippen LogP contribution is -2.13. The van der Waals surface area contributed by atoms with Gasteiger partial charge in [0.25, 0.3) is 5.91 Å². The first-order valence-corrected chi connectivity index (χ1v) is 8.31. The maximum Gasteiger partial charge on any atom is 0.258 e. The van der Waals surface area contributed by atoms with Gasteiger partial charge in [0.15, 0.2) is 0 Å². The van der Waals surface area contributed by atoms with Crippen molar-refractivity contribution in [3.05, 3.63) is 70.5 Å². The third-order valence-corrected chi connectivity index (χ3v) is 4.26. The second-order valence-corrected chi connectivity index (χ2v) is 5.99. The average Bonchev–Trinajstić information content (AvgIpc) is 2.66. The highest BCUT2D eigenvalue weighted by Gasteiger charge is 2.10. The molecule has 3 aromatic rings. The molecule has 1 heterocycles. The van der Waals surface area contributed by atoms with Gasteiger partial charge in [-0.3, -0.25) is 4.79 Å². The Morgan fingerprint density at radius 3 is 2.54 bits per heavy atom. The summed E-state index contributed by atoms with van der Waals surface area (Å²) in [7, 11) is 1.56. The number of carbonyl (C=O) groups excluding carboxylic acids is 1. The van der Waals surface area contributed by atoms with Crippen molar-refractivity contribution < 1.29 is 9.53 Å². The topological polar surface area (TPSA) is 76.1 Å². The van der Waals surface area contributed by atoms with Crippen molar-refractivity contribution in [2.75, 3.05) is 17.7 Å². The molecule has 0 aliphatic carbocycles. The van der Waals surface area contributed by atoms with Crippen LogP contribution >= 0.6 is 23.2 Å². The Labute approximate surface area is 160 Å². The minimum atomic E-state index is -0.328. The molecule has 8 heteroatoms. The average molecular weight is 389 g/mol. The van der Waals surface area contributed by atoms with Gasteiger partial charge in [-0.25, -0.2) is 9.97 Å². The maximum atomic E-state index is 12.3. The van der Waals surface area contributed by atoms with Gasteiger partial charge in [0, 0.05) is 24.1 Å². The fourth-order valence-electron chi connectivity index (χ4n) is 2.13. The molecule has 0 atom stereocenters. The molecule has 6 nitrogen and oxygen atoms in total. The number of nitrogens with one attached hydrogen (secondary N) is 2. The first kappa shape index (κ1) is 18.0. The van der Waals surface area contributed by atoms with E-state index in [1.807, 2.05) is 0 Å². The first-order valence-electron chi connectivity index (χ1n) is 7.55. The zero-order chi connectivity index (χ0) is 18.5. The molecule has 0 aliphatic rings. The Balaban J connectivity index is 1.70. The zero-order valence-corrected chi connectivity index (χ0v) is 15.2. The van der Waals surface area contributed by atoms with E-state index in [1.54, 1.807) is 49.6 Å². The Hall–Kier alpha value is -2.83. The molecule has 0 radical (unpaired) electrons. The number of aromatic nitrogens is 2. The molecular weight excluding hydrogens is 375 g/mol. The molecule has 2 aromatic carbocycles. The molecule has 2 N–H and O–H groups in total. The van der Waals surface area contributed by atoms with Crippen LogP contribution in [0.15, 0.2) is 54.9 Å². The van der Waals surface area contributed by atoms with Gasteiger partial charge < -0.3 is 15.4 Å². The molecule has 1 aromatic heterocycles. The molecule has 132 valence electrons. The van der Waals surface area contributed by atoms with Crippen molar-refractivity contribution in [1.82, 2.24) is 9.97 Å². The molecule has 0 bridgehead atoms. The van der Waals surface area contributed by atoms with Crippen molar-refractivity contribution >= 4 is 46.4 Å². The summed E-state index contributed by atoms with van der Waals surface area (Å²) in [6, 6.07) is 12.2. The van der Waals surface area contributed by atoms with Gasteiger partial charge in [0.05, 0.1) is 28.4 Å². The Kier molecular flexibility index (Phi) is 5.55. The van der Waals surface area contributed by atoms with E-state index in [2.05, 4.69) is 20.6 Å². The lowest BCUT2D eigenvalue weighted by molar-refractivity contribution is 0.102. The zero-order valence-electron chi connectivity index (χ0n) is 13.7. The fraction of sp³-hybridized carbons (Fsp3) is 0.0556. The molecule has 0 saturated carbocycles. The van der Waals surface area contributed by atoms with Crippen LogP contribution in [0.2, 0.25) is 10.0 Å². The van der Waals surface area contributed by atoms with Gasteiger partial charge in [-0.15, -0.1) is 0 Å². The van der Waals surface area contributed by atoms with E-state index < -0.39 is 0 Å². The summed E-state index contributed by atoms with van der Waals surface area (Å²) in [5.74, 6) is 0.620. The molecular formula is C18H14Cl2N4O2. The van der Waals surface area contributed by atoms with Crippen LogP contribution in [0.5, 0.6) is 5.75 Å². The van der Waals surface area contributed by atoms with Crippen LogP contribution in [-0.4, -0.2) is 23.0 Å². The van der Waals surface area contributed by atoms with Gasteiger partial charge in [-0.05, 0) is 24.3 Å². The molecule has 0 unspecified atom stereocenters. The standard InChI is InChI=1S/C18H14Cl2N4O2/c1-26-13-5-2-4-12(8-13)23-17(25)11-9-21-18(22-10-11)24-15-7-3-6-14(19)16(15)20/h2-10H,1H3,(H,23,25)(H,21,22,24). The number of rotatable bonds is 5. The lowest BCUT2D eigenvalue weighted by atomic mass is 10.2. The Bertz CT molecular complexity index is 933. The number of methoxy groups -OCH3 is 1. The van der Waals surface area contributed by atoms with E-state index in [4.69, 9.17) is 27.9 Å². The third kappa shape index (κ3) is 4.22. The number of anilines is 3. The van der Waals surface area contributed by atoms with Crippen molar-refractivity contribution in [3.8, 4) is 5.75 Å². The monoisotopic (exact) mass is 388 g/mol. The van der Waals surface area contributed by atoms with Crippen molar-refractivity contribution in [2.45, 2.75) is 0 Å². The summed E-state index contributed by atoms with van der Waals surface area (Å²) in [4.78, 5) is 20.6. The Morgan fingerprint density at radius 1 is 1.08 bits per heavy atom. The van der Waals surface area contributed by atoms with E-state index in [1.165, 1.54) is 12.4 Å². The van der Waals surface area contributed by atoms with Crippen molar-refractivity contribution in [3.63, 3.8) is 0 Å². The number of amides is 1. The van der Waals surface area contributed by atoms with Gasteiger partial charge in [-0.1, -0.05) is 35.3 Å². The molecule has 0 saturated heterocycles. The smallest absolute Gasteiger partial charge is 0.258 e. The molecule has 1 amide bonds. The second kappa shape index (κ2) is 8.03. The highest BCUT2D eigenvalue weighted by atomic mass is 35.5. The van der Waals surface area contributed by atoms with Crippen molar-refractivity contribution in [1.29, 1.82) is 0 Å². The van der Waals surface area contributed by atoms with Crippen LogP contribution in [0.1, 0.15) is 10.4 Å². The number of hydrogen-bond donors (Lipinski definition) is 2. The van der Waals surface area contributed by atoms with E-state index in [0.29, 0.717) is 38.7 Å². The predicted octanol–water partition coefficient (Wildman–Crippen LogP) is 4.79. The quantitative estimate of drug-likeness (QED) is 0.656. The first-order chi connectivity index (χ1) is 12.6. The normalized spacial score (nSPS) is 10.3. The number of hydrogen-bond acceptors (Lipinski definition) is 5. The van der Waals surface area contributed by atoms with E-state index >= 15 is 0 Å². The summed E-state index contributed by atoms with van der Waals surface area (Å²) in [5, 5.41) is 6.51. The van der Waals surface area contributed by atoms with Crippen LogP contribution in [-0.2, 0) is 0 Å². The van der Waals surface area contributed by atoms with Gasteiger partial charge in [-0.2, -0.15) is 0 Å². The van der Waals surface area contributed by atoms with Crippen molar-refractivity contribution in [2.24, 2.45) is 0 Å². The summed E-state index contributed by atoms with van der Waals surface area (Å²) in [6.07, 6.45) is 2.84. The van der Waals surface area contributed by atoms with E-state index in [-0.39, 0.29) is 5.91 Å². The van der Waals surface area contributed by atoms with Crippen LogP contribution in [0.3, 0.4) is 0 Å². The van der Waals surface area contributed by atoms with Gasteiger partial charge >= 0.3 is 0 Å². The highest BCUT2D eigenvalue weighted by Crippen LogP contribution is 2.30. The Morgan fingerprint density at radius 2 is 1.81 bits per heavy atom. The number of halogens is 2. The van der Waals surface area contributed by atoms with Crippen LogP contribution < -0.4 is 15.4 Å². The SMILES string of the molecule is COc1cccc(NC(=O)c2cnc(Nc3cccc(Cl)c3Cl)nc2)c1. The summed E-state index contributed by atoms with van der Waals surface area (Å²) >= 11 is 12.1. The number of carbonyl (C=O) groups is 1. The molecule has 0 fully saturated rings. The predicted molar refractivity (Wildman–Crippen MR) is 103 cm³/mol. The number of benzene rings is 2. The molecule has 0 aliphatic heterocycles. The largest absolute Gasteiger partial charge is 0.497 e. The van der Waals surface area contributed by atoms with Crippen LogP contribution in [0.4, 0.5) is 17.3 Å². The molecule has 3 rings (SSSR count). The maximum absolute atomic E-state index is 12.3. The fourth-order valence-corrected chi connectivity index (χ4v) is 2.48. The minimum absolute atomic E-state index is 0.298. The van der Waals surface area contributed by atoms with E-state index in [9.17, 15) is 4.79 Å².